The third-order valence-corrected chi connectivity index (χ3v) is 2.94. The molecule has 0 aromatic carbocycles. The quantitative estimate of drug-likeness (QED) is 0.422. The fraction of sp³-hybridized carbons (Fsp3) is 0.545. The molecule has 0 N–H and O–H groups in total. The molecule has 0 fully saturated rings. The fourth-order valence-electron chi connectivity index (χ4n) is 1.19. The van der Waals surface area contributed by atoms with E-state index in [1.807, 2.05) is 18.4 Å². The molecule has 0 saturated carbocycles. The lowest BCUT2D eigenvalue weighted by Crippen LogP contribution is -2.09. The van der Waals surface area contributed by atoms with E-state index in [4.69, 9.17) is 4.74 Å². The number of rotatable bonds is 7. The SMILES string of the molecule is C=CCn1c(C)nnc1SCC(=O)OCCC. The molecule has 0 aliphatic carbocycles. The summed E-state index contributed by atoms with van der Waals surface area (Å²) in [4.78, 5) is 11.3. The molecule has 5 nitrogen and oxygen atoms in total. The Kier molecular flexibility index (Phi) is 5.76. The van der Waals surface area contributed by atoms with Gasteiger partial charge in [-0.15, -0.1) is 16.8 Å². The van der Waals surface area contributed by atoms with Crippen LogP contribution in [0.15, 0.2) is 17.8 Å². The highest BCUT2D eigenvalue weighted by atomic mass is 32.2. The maximum atomic E-state index is 11.3. The first-order valence-corrected chi connectivity index (χ1v) is 6.46. The molecule has 17 heavy (non-hydrogen) atoms. The molecule has 0 saturated heterocycles. The Morgan fingerprint density at radius 3 is 3.00 bits per heavy atom. The minimum atomic E-state index is -0.220. The van der Waals surface area contributed by atoms with Gasteiger partial charge >= 0.3 is 5.97 Å². The molecule has 1 heterocycles. The Morgan fingerprint density at radius 1 is 1.59 bits per heavy atom. The van der Waals surface area contributed by atoms with E-state index >= 15 is 0 Å². The van der Waals surface area contributed by atoms with E-state index in [0.29, 0.717) is 13.2 Å². The van der Waals surface area contributed by atoms with Gasteiger partial charge < -0.3 is 9.30 Å². The van der Waals surface area contributed by atoms with Crippen molar-refractivity contribution in [1.82, 2.24) is 14.8 Å². The molecule has 0 aliphatic rings. The van der Waals surface area contributed by atoms with Crippen molar-refractivity contribution in [3.8, 4) is 0 Å². The molecule has 1 aromatic rings. The highest BCUT2D eigenvalue weighted by Crippen LogP contribution is 2.16. The van der Waals surface area contributed by atoms with E-state index in [1.165, 1.54) is 11.8 Å². The molecule has 0 radical (unpaired) electrons. The van der Waals surface area contributed by atoms with Gasteiger partial charge in [-0.1, -0.05) is 24.8 Å². The molecule has 0 atom stereocenters. The first-order valence-electron chi connectivity index (χ1n) is 5.48. The van der Waals surface area contributed by atoms with Gasteiger partial charge in [-0.05, 0) is 13.3 Å². The second-order valence-electron chi connectivity index (χ2n) is 3.44. The molecular weight excluding hydrogens is 238 g/mol. The zero-order valence-electron chi connectivity index (χ0n) is 10.2. The molecule has 1 aromatic heterocycles. The smallest absolute Gasteiger partial charge is 0.316 e. The number of carbonyl (C=O) groups excluding carboxylic acids is 1. The summed E-state index contributed by atoms with van der Waals surface area (Å²) in [5.41, 5.74) is 0. The van der Waals surface area contributed by atoms with Gasteiger partial charge in [0.1, 0.15) is 5.82 Å². The van der Waals surface area contributed by atoms with Crippen molar-refractivity contribution < 1.29 is 9.53 Å². The average Bonchev–Trinajstić information content (AvgIpc) is 2.66. The summed E-state index contributed by atoms with van der Waals surface area (Å²) >= 11 is 1.33. The van der Waals surface area contributed by atoms with Gasteiger partial charge in [0.15, 0.2) is 5.16 Å². The third kappa shape index (κ3) is 4.22. The van der Waals surface area contributed by atoms with Gasteiger partial charge in [-0.25, -0.2) is 0 Å². The number of ether oxygens (including phenoxy) is 1. The van der Waals surface area contributed by atoms with Crippen molar-refractivity contribution in [2.24, 2.45) is 0 Å². The first kappa shape index (κ1) is 13.8. The number of carbonyl (C=O) groups is 1. The second kappa shape index (κ2) is 7.11. The molecule has 0 unspecified atom stereocenters. The number of allylic oxidation sites excluding steroid dienone is 1. The van der Waals surface area contributed by atoms with Crippen molar-refractivity contribution >= 4 is 17.7 Å². The van der Waals surface area contributed by atoms with Crippen LogP contribution in [0.25, 0.3) is 0 Å². The number of hydrogen-bond donors (Lipinski definition) is 0. The zero-order chi connectivity index (χ0) is 12.7. The number of esters is 1. The number of hydrogen-bond acceptors (Lipinski definition) is 5. The lowest BCUT2D eigenvalue weighted by molar-refractivity contribution is -0.140. The van der Waals surface area contributed by atoms with Crippen LogP contribution in [-0.4, -0.2) is 33.1 Å². The van der Waals surface area contributed by atoms with Crippen molar-refractivity contribution in [3.05, 3.63) is 18.5 Å². The van der Waals surface area contributed by atoms with Crippen molar-refractivity contribution in [2.75, 3.05) is 12.4 Å². The Balaban J connectivity index is 2.51. The molecule has 0 aliphatic heterocycles. The van der Waals surface area contributed by atoms with Crippen LogP contribution in [0.4, 0.5) is 0 Å². The Bertz CT molecular complexity index is 390. The van der Waals surface area contributed by atoms with Crippen LogP contribution < -0.4 is 0 Å². The summed E-state index contributed by atoms with van der Waals surface area (Å²) in [6.45, 7) is 8.62. The highest BCUT2D eigenvalue weighted by Gasteiger charge is 2.11. The summed E-state index contributed by atoms with van der Waals surface area (Å²) in [5.74, 6) is 0.854. The standard InChI is InChI=1S/C11H17N3O2S/c1-4-6-14-9(3)12-13-11(14)17-8-10(15)16-7-5-2/h4H,1,5-8H2,2-3H3. The minimum absolute atomic E-state index is 0.220. The van der Waals surface area contributed by atoms with Crippen LogP contribution in [0.3, 0.4) is 0 Å². The van der Waals surface area contributed by atoms with Crippen LogP contribution in [0.1, 0.15) is 19.2 Å². The number of aromatic nitrogens is 3. The Hall–Kier alpha value is -1.30. The molecule has 6 heteroatoms. The molecule has 0 spiro atoms. The van der Waals surface area contributed by atoms with Gasteiger partial charge in [-0.3, -0.25) is 4.79 Å². The van der Waals surface area contributed by atoms with Crippen LogP contribution in [0.2, 0.25) is 0 Å². The molecule has 0 amide bonds. The topological polar surface area (TPSA) is 57.0 Å². The highest BCUT2D eigenvalue weighted by molar-refractivity contribution is 7.99. The predicted octanol–water partition coefficient (Wildman–Crippen LogP) is 1.82. The van der Waals surface area contributed by atoms with E-state index in [9.17, 15) is 4.79 Å². The number of nitrogens with zero attached hydrogens (tertiary/aromatic N) is 3. The summed E-state index contributed by atoms with van der Waals surface area (Å²) in [6.07, 6.45) is 2.61. The van der Waals surface area contributed by atoms with Gasteiger partial charge in [0.05, 0.1) is 12.4 Å². The monoisotopic (exact) mass is 255 g/mol. The van der Waals surface area contributed by atoms with E-state index in [0.717, 1.165) is 17.4 Å². The van der Waals surface area contributed by atoms with E-state index < -0.39 is 0 Å². The fourth-order valence-corrected chi connectivity index (χ4v) is 1.98. The van der Waals surface area contributed by atoms with Crippen LogP contribution in [0.5, 0.6) is 0 Å². The average molecular weight is 255 g/mol. The molecule has 0 bridgehead atoms. The van der Waals surface area contributed by atoms with Crippen molar-refractivity contribution in [2.45, 2.75) is 32.0 Å². The summed E-state index contributed by atoms with van der Waals surface area (Å²) in [7, 11) is 0. The normalized spacial score (nSPS) is 10.2. The van der Waals surface area contributed by atoms with Crippen LogP contribution in [0, 0.1) is 6.92 Å². The zero-order valence-corrected chi connectivity index (χ0v) is 11.0. The van der Waals surface area contributed by atoms with Gasteiger partial charge in [0.25, 0.3) is 0 Å². The van der Waals surface area contributed by atoms with E-state index in [-0.39, 0.29) is 11.7 Å². The lowest BCUT2D eigenvalue weighted by atomic mass is 10.5. The third-order valence-electron chi connectivity index (χ3n) is 2.00. The van der Waals surface area contributed by atoms with Gasteiger partial charge in [0.2, 0.25) is 0 Å². The number of thioether (sulfide) groups is 1. The van der Waals surface area contributed by atoms with E-state index in [1.54, 1.807) is 6.08 Å². The Morgan fingerprint density at radius 2 is 2.35 bits per heavy atom. The summed E-state index contributed by atoms with van der Waals surface area (Å²) < 4.78 is 6.89. The van der Waals surface area contributed by atoms with Gasteiger partial charge in [0, 0.05) is 6.54 Å². The minimum Gasteiger partial charge on any atom is -0.465 e. The molecular formula is C11H17N3O2S. The second-order valence-corrected chi connectivity index (χ2v) is 4.38. The lowest BCUT2D eigenvalue weighted by Gasteiger charge is -2.05. The number of aryl methyl sites for hydroxylation is 1. The van der Waals surface area contributed by atoms with E-state index in [2.05, 4.69) is 16.8 Å². The van der Waals surface area contributed by atoms with Crippen LogP contribution >= 0.6 is 11.8 Å². The summed E-state index contributed by atoms with van der Waals surface area (Å²) in [5, 5.41) is 8.69. The molecule has 1 rings (SSSR count). The predicted molar refractivity (Wildman–Crippen MR) is 66.9 cm³/mol. The first-order chi connectivity index (χ1) is 8.19. The maximum absolute atomic E-state index is 11.3. The van der Waals surface area contributed by atoms with Crippen LogP contribution in [-0.2, 0) is 16.1 Å². The van der Waals surface area contributed by atoms with Crippen molar-refractivity contribution in [1.29, 1.82) is 0 Å². The maximum Gasteiger partial charge on any atom is 0.316 e. The van der Waals surface area contributed by atoms with Crippen molar-refractivity contribution in [3.63, 3.8) is 0 Å². The van der Waals surface area contributed by atoms with Gasteiger partial charge in [-0.2, -0.15) is 0 Å². The summed E-state index contributed by atoms with van der Waals surface area (Å²) in [6, 6.07) is 0. The Labute approximate surface area is 105 Å². The largest absolute Gasteiger partial charge is 0.465 e. The molecule has 94 valence electrons.